The maximum Gasteiger partial charge on any atom is 0.0263 e. The minimum absolute atomic E-state index is 0.866. The second-order valence-electron chi connectivity index (χ2n) is 4.67. The Morgan fingerprint density at radius 2 is 2.06 bits per heavy atom. The summed E-state index contributed by atoms with van der Waals surface area (Å²) in [6, 6.07) is 0. The SMILES string of the molecule is C1CCN(CCCNCC2CSCCS2)C1. The molecule has 16 heavy (non-hydrogen) atoms. The second-order valence-corrected chi connectivity index (χ2v) is 7.23. The third-order valence-electron chi connectivity index (χ3n) is 3.28. The van der Waals surface area contributed by atoms with Crippen LogP contribution in [0.25, 0.3) is 0 Å². The standard InChI is InChI=1S/C12H24N2S2/c1-2-6-14(5-1)7-3-4-13-10-12-11-15-8-9-16-12/h12-13H,1-11H2. The zero-order chi connectivity index (χ0) is 11.1. The quantitative estimate of drug-likeness (QED) is 0.734. The van der Waals surface area contributed by atoms with Crippen LogP contribution in [-0.4, -0.2) is 60.1 Å². The van der Waals surface area contributed by atoms with E-state index in [1.165, 1.54) is 69.2 Å². The molecular weight excluding hydrogens is 236 g/mol. The molecule has 0 aromatic heterocycles. The fourth-order valence-corrected chi connectivity index (χ4v) is 5.00. The molecule has 0 radical (unpaired) electrons. The van der Waals surface area contributed by atoms with E-state index in [2.05, 4.69) is 33.7 Å². The zero-order valence-corrected chi connectivity index (χ0v) is 11.8. The van der Waals surface area contributed by atoms with Crippen LogP contribution in [0.3, 0.4) is 0 Å². The van der Waals surface area contributed by atoms with Gasteiger partial charge in [-0.05, 0) is 45.4 Å². The highest BCUT2D eigenvalue weighted by Crippen LogP contribution is 2.23. The molecule has 2 fully saturated rings. The Balaban J connectivity index is 1.42. The molecule has 0 aromatic carbocycles. The molecule has 1 unspecified atom stereocenters. The smallest absolute Gasteiger partial charge is 0.0263 e. The zero-order valence-electron chi connectivity index (χ0n) is 10.1. The number of rotatable bonds is 6. The van der Waals surface area contributed by atoms with Crippen molar-refractivity contribution in [1.82, 2.24) is 10.2 Å². The summed E-state index contributed by atoms with van der Waals surface area (Å²) >= 11 is 4.27. The van der Waals surface area contributed by atoms with E-state index in [-0.39, 0.29) is 0 Å². The highest BCUT2D eigenvalue weighted by molar-refractivity contribution is 8.06. The van der Waals surface area contributed by atoms with Crippen molar-refractivity contribution in [3.63, 3.8) is 0 Å². The number of nitrogens with zero attached hydrogens (tertiary/aromatic N) is 1. The molecule has 94 valence electrons. The molecule has 2 aliphatic heterocycles. The third kappa shape index (κ3) is 4.86. The van der Waals surface area contributed by atoms with Crippen molar-refractivity contribution in [2.24, 2.45) is 0 Å². The molecule has 0 bridgehead atoms. The summed E-state index contributed by atoms with van der Waals surface area (Å²) < 4.78 is 0. The van der Waals surface area contributed by atoms with E-state index in [4.69, 9.17) is 0 Å². The molecule has 2 nitrogen and oxygen atoms in total. The Kier molecular flexibility index (Phi) is 6.41. The van der Waals surface area contributed by atoms with Gasteiger partial charge in [-0.1, -0.05) is 0 Å². The van der Waals surface area contributed by atoms with Gasteiger partial charge in [0.05, 0.1) is 0 Å². The van der Waals surface area contributed by atoms with Crippen LogP contribution in [0.1, 0.15) is 19.3 Å². The molecule has 2 saturated heterocycles. The summed E-state index contributed by atoms with van der Waals surface area (Å²) in [7, 11) is 0. The fraction of sp³-hybridized carbons (Fsp3) is 1.00. The van der Waals surface area contributed by atoms with Gasteiger partial charge in [-0.3, -0.25) is 0 Å². The van der Waals surface area contributed by atoms with Gasteiger partial charge in [0.2, 0.25) is 0 Å². The minimum Gasteiger partial charge on any atom is -0.316 e. The lowest BCUT2D eigenvalue weighted by Gasteiger charge is -2.21. The molecule has 0 aliphatic carbocycles. The Hall–Kier alpha value is 0.620. The molecule has 0 amide bonds. The summed E-state index contributed by atoms with van der Waals surface area (Å²) in [6.07, 6.45) is 4.16. The van der Waals surface area contributed by atoms with Crippen molar-refractivity contribution in [2.75, 3.05) is 50.0 Å². The lowest BCUT2D eigenvalue weighted by molar-refractivity contribution is 0.331. The van der Waals surface area contributed by atoms with Gasteiger partial charge >= 0.3 is 0 Å². The summed E-state index contributed by atoms with van der Waals surface area (Å²) in [5.74, 6) is 4.06. The summed E-state index contributed by atoms with van der Waals surface area (Å²) in [4.78, 5) is 2.60. The maximum atomic E-state index is 3.62. The van der Waals surface area contributed by atoms with Crippen molar-refractivity contribution in [3.05, 3.63) is 0 Å². The number of thioether (sulfide) groups is 2. The summed E-state index contributed by atoms with van der Waals surface area (Å²) in [5, 5.41) is 4.48. The van der Waals surface area contributed by atoms with Crippen LogP contribution in [0.2, 0.25) is 0 Å². The van der Waals surface area contributed by atoms with Crippen molar-refractivity contribution in [2.45, 2.75) is 24.5 Å². The van der Waals surface area contributed by atoms with Crippen molar-refractivity contribution in [1.29, 1.82) is 0 Å². The van der Waals surface area contributed by atoms with Crippen LogP contribution in [0, 0.1) is 0 Å². The van der Waals surface area contributed by atoms with Crippen molar-refractivity contribution >= 4 is 23.5 Å². The number of hydrogen-bond acceptors (Lipinski definition) is 4. The fourth-order valence-electron chi connectivity index (χ4n) is 2.35. The molecule has 2 rings (SSSR count). The van der Waals surface area contributed by atoms with Crippen molar-refractivity contribution < 1.29 is 0 Å². The van der Waals surface area contributed by atoms with Crippen molar-refractivity contribution in [3.8, 4) is 0 Å². The first kappa shape index (κ1) is 13.1. The molecule has 1 N–H and O–H groups in total. The normalized spacial score (nSPS) is 27.4. The minimum atomic E-state index is 0.866. The Morgan fingerprint density at radius 3 is 2.81 bits per heavy atom. The second kappa shape index (κ2) is 7.85. The lowest BCUT2D eigenvalue weighted by atomic mass is 10.3. The van der Waals surface area contributed by atoms with E-state index < -0.39 is 0 Å². The number of hydrogen-bond donors (Lipinski definition) is 1. The van der Waals surface area contributed by atoms with E-state index >= 15 is 0 Å². The average Bonchev–Trinajstić information content (AvgIpc) is 2.83. The molecule has 1 atom stereocenters. The molecule has 0 spiro atoms. The predicted molar refractivity (Wildman–Crippen MR) is 76.7 cm³/mol. The highest BCUT2D eigenvalue weighted by atomic mass is 32.2. The number of nitrogens with one attached hydrogen (secondary N) is 1. The van der Waals surface area contributed by atoms with Crippen LogP contribution in [0.4, 0.5) is 0 Å². The van der Waals surface area contributed by atoms with Gasteiger partial charge in [0.15, 0.2) is 0 Å². The van der Waals surface area contributed by atoms with Gasteiger partial charge in [0, 0.05) is 29.1 Å². The third-order valence-corrected chi connectivity index (χ3v) is 6.13. The molecule has 4 heteroatoms. The molecule has 2 aliphatic rings. The topological polar surface area (TPSA) is 15.3 Å². The largest absolute Gasteiger partial charge is 0.316 e. The van der Waals surface area contributed by atoms with Gasteiger partial charge in [-0.2, -0.15) is 23.5 Å². The van der Waals surface area contributed by atoms with Crippen LogP contribution < -0.4 is 5.32 Å². The summed E-state index contributed by atoms with van der Waals surface area (Å²) in [6.45, 7) is 6.42. The molecule has 2 heterocycles. The van der Waals surface area contributed by atoms with E-state index in [1.807, 2.05) is 0 Å². The Bertz CT molecular complexity index is 178. The first-order chi connectivity index (χ1) is 7.95. The van der Waals surface area contributed by atoms with E-state index in [0.717, 1.165) is 5.25 Å². The van der Waals surface area contributed by atoms with Crippen LogP contribution in [-0.2, 0) is 0 Å². The van der Waals surface area contributed by atoms with E-state index in [0.29, 0.717) is 0 Å². The van der Waals surface area contributed by atoms with Gasteiger partial charge in [0.1, 0.15) is 0 Å². The Labute approximate surface area is 108 Å². The van der Waals surface area contributed by atoms with Gasteiger partial charge in [-0.25, -0.2) is 0 Å². The molecular formula is C12H24N2S2. The Morgan fingerprint density at radius 1 is 1.19 bits per heavy atom. The maximum absolute atomic E-state index is 3.62. The van der Waals surface area contributed by atoms with Gasteiger partial charge < -0.3 is 10.2 Å². The highest BCUT2D eigenvalue weighted by Gasteiger charge is 2.13. The van der Waals surface area contributed by atoms with Crippen LogP contribution in [0.15, 0.2) is 0 Å². The van der Waals surface area contributed by atoms with Gasteiger partial charge in [-0.15, -0.1) is 0 Å². The lowest BCUT2D eigenvalue weighted by Crippen LogP contribution is -2.31. The molecule has 0 saturated carbocycles. The predicted octanol–water partition coefficient (Wildman–Crippen LogP) is 1.91. The first-order valence-electron chi connectivity index (χ1n) is 6.57. The van der Waals surface area contributed by atoms with Crippen LogP contribution >= 0.6 is 23.5 Å². The van der Waals surface area contributed by atoms with Gasteiger partial charge in [0.25, 0.3) is 0 Å². The monoisotopic (exact) mass is 260 g/mol. The van der Waals surface area contributed by atoms with Crippen LogP contribution in [0.5, 0.6) is 0 Å². The van der Waals surface area contributed by atoms with E-state index in [9.17, 15) is 0 Å². The molecule has 0 aromatic rings. The number of likely N-dealkylation sites (tertiary alicyclic amines) is 1. The first-order valence-corrected chi connectivity index (χ1v) is 8.78. The average molecular weight is 260 g/mol. The summed E-state index contributed by atoms with van der Waals surface area (Å²) in [5.41, 5.74) is 0. The van der Waals surface area contributed by atoms with E-state index in [1.54, 1.807) is 0 Å².